The van der Waals surface area contributed by atoms with Crippen LogP contribution in [0.3, 0.4) is 0 Å². The lowest BCUT2D eigenvalue weighted by Crippen LogP contribution is -2.51. The Bertz CT molecular complexity index is 1030. The highest BCUT2D eigenvalue weighted by Crippen LogP contribution is 2.38. The zero-order valence-electron chi connectivity index (χ0n) is 21.6. The van der Waals surface area contributed by atoms with Gasteiger partial charge in [0, 0.05) is 50.8 Å². The average Bonchev–Trinajstić information content (AvgIpc) is 3.42. The van der Waals surface area contributed by atoms with Gasteiger partial charge in [0.1, 0.15) is 17.2 Å². The molecular formula is C28H37N3O5. The molecule has 2 aliphatic rings. The third kappa shape index (κ3) is 6.10. The van der Waals surface area contributed by atoms with E-state index in [0.29, 0.717) is 45.6 Å². The number of nitrogens with zero attached hydrogens (tertiary/aromatic N) is 3. The molecule has 8 nitrogen and oxygen atoms in total. The molecule has 4 rings (SSSR count). The highest BCUT2D eigenvalue weighted by Gasteiger charge is 2.33. The maximum Gasteiger partial charge on any atom is 0.237 e. The van der Waals surface area contributed by atoms with Gasteiger partial charge in [0.05, 0.1) is 33.9 Å². The SMILES string of the molecule is COc1ccc(CCC(=O)N2CCN(CC(=O)N3CCCC3c3ccc(OC)cc3OC)CC2)cc1. The van der Waals surface area contributed by atoms with Crippen molar-refractivity contribution in [3.63, 3.8) is 0 Å². The van der Waals surface area contributed by atoms with Crippen LogP contribution in [0.4, 0.5) is 0 Å². The van der Waals surface area contributed by atoms with Crippen molar-refractivity contribution in [3.05, 3.63) is 53.6 Å². The van der Waals surface area contributed by atoms with Gasteiger partial charge in [-0.25, -0.2) is 0 Å². The maximum atomic E-state index is 13.3. The molecule has 2 heterocycles. The van der Waals surface area contributed by atoms with E-state index in [1.165, 1.54) is 0 Å². The summed E-state index contributed by atoms with van der Waals surface area (Å²) in [6, 6.07) is 13.7. The smallest absolute Gasteiger partial charge is 0.237 e. The topological polar surface area (TPSA) is 71.6 Å². The summed E-state index contributed by atoms with van der Waals surface area (Å²) in [7, 11) is 4.93. The van der Waals surface area contributed by atoms with E-state index >= 15 is 0 Å². The van der Waals surface area contributed by atoms with Crippen LogP contribution in [-0.4, -0.2) is 87.1 Å². The van der Waals surface area contributed by atoms with Crippen LogP contribution in [0.15, 0.2) is 42.5 Å². The molecule has 0 N–H and O–H groups in total. The molecule has 2 amide bonds. The number of carbonyl (C=O) groups is 2. The quantitative estimate of drug-likeness (QED) is 0.532. The molecule has 2 saturated heterocycles. The Morgan fingerprint density at radius 1 is 0.833 bits per heavy atom. The number of amides is 2. The summed E-state index contributed by atoms with van der Waals surface area (Å²) in [6.45, 7) is 3.87. The molecule has 0 radical (unpaired) electrons. The largest absolute Gasteiger partial charge is 0.497 e. The molecular weight excluding hydrogens is 458 g/mol. The first kappa shape index (κ1) is 25.8. The Morgan fingerprint density at radius 3 is 2.19 bits per heavy atom. The van der Waals surface area contributed by atoms with Gasteiger partial charge in [-0.1, -0.05) is 12.1 Å². The zero-order chi connectivity index (χ0) is 25.5. The van der Waals surface area contributed by atoms with E-state index in [9.17, 15) is 9.59 Å². The van der Waals surface area contributed by atoms with Gasteiger partial charge in [0.2, 0.25) is 11.8 Å². The van der Waals surface area contributed by atoms with E-state index in [1.807, 2.05) is 52.3 Å². The Balaban J connectivity index is 1.26. The van der Waals surface area contributed by atoms with Crippen LogP contribution in [0, 0.1) is 0 Å². The summed E-state index contributed by atoms with van der Waals surface area (Å²) in [6.07, 6.45) is 3.10. The first-order chi connectivity index (χ1) is 17.5. The number of carbonyl (C=O) groups excluding carboxylic acids is 2. The monoisotopic (exact) mass is 495 g/mol. The molecule has 0 spiro atoms. The fourth-order valence-electron chi connectivity index (χ4n) is 5.12. The normalized spacial score (nSPS) is 18.2. The predicted molar refractivity (Wildman–Crippen MR) is 138 cm³/mol. The number of methoxy groups -OCH3 is 3. The standard InChI is InChI=1S/C28H37N3O5/c1-34-22-9-6-21(7-10-22)8-13-27(32)30-17-15-29(16-18-30)20-28(33)31-14-4-5-25(31)24-12-11-23(35-2)19-26(24)36-3/h6-7,9-12,19,25H,4-5,8,13-18,20H2,1-3H3. The van der Waals surface area contributed by atoms with E-state index in [4.69, 9.17) is 14.2 Å². The maximum absolute atomic E-state index is 13.3. The van der Waals surface area contributed by atoms with Gasteiger partial charge in [-0.15, -0.1) is 0 Å². The molecule has 1 unspecified atom stereocenters. The lowest BCUT2D eigenvalue weighted by molar-refractivity contribution is -0.135. The number of benzene rings is 2. The van der Waals surface area contributed by atoms with Crippen molar-refractivity contribution in [1.82, 2.24) is 14.7 Å². The minimum Gasteiger partial charge on any atom is -0.497 e. The Hall–Kier alpha value is -3.26. The van der Waals surface area contributed by atoms with Gasteiger partial charge in [-0.2, -0.15) is 0 Å². The zero-order valence-corrected chi connectivity index (χ0v) is 21.6. The number of aryl methyl sites for hydroxylation is 1. The molecule has 0 aliphatic carbocycles. The van der Waals surface area contributed by atoms with Gasteiger partial charge >= 0.3 is 0 Å². The molecule has 0 aromatic heterocycles. The fourth-order valence-corrected chi connectivity index (χ4v) is 5.12. The van der Waals surface area contributed by atoms with E-state index in [1.54, 1.807) is 21.3 Å². The lowest BCUT2D eigenvalue weighted by Gasteiger charge is -2.36. The summed E-state index contributed by atoms with van der Waals surface area (Å²) >= 11 is 0. The first-order valence-corrected chi connectivity index (χ1v) is 12.7. The van der Waals surface area contributed by atoms with E-state index in [-0.39, 0.29) is 17.9 Å². The van der Waals surface area contributed by atoms with Crippen molar-refractivity contribution in [3.8, 4) is 17.2 Å². The van der Waals surface area contributed by atoms with Crippen molar-refractivity contribution in [2.24, 2.45) is 0 Å². The third-order valence-electron chi connectivity index (χ3n) is 7.24. The predicted octanol–water partition coefficient (Wildman–Crippen LogP) is 3.15. The minimum absolute atomic E-state index is 0.0131. The van der Waals surface area contributed by atoms with Crippen LogP contribution in [0.25, 0.3) is 0 Å². The van der Waals surface area contributed by atoms with Crippen molar-refractivity contribution in [1.29, 1.82) is 0 Å². The second-order valence-electron chi connectivity index (χ2n) is 9.36. The molecule has 194 valence electrons. The van der Waals surface area contributed by atoms with E-state index in [0.717, 1.165) is 47.8 Å². The van der Waals surface area contributed by atoms with Gasteiger partial charge < -0.3 is 24.0 Å². The van der Waals surface area contributed by atoms with Crippen LogP contribution in [0.2, 0.25) is 0 Å². The van der Waals surface area contributed by atoms with Crippen molar-refractivity contribution in [2.45, 2.75) is 31.7 Å². The number of ether oxygens (including phenoxy) is 3. The molecule has 1 atom stereocenters. The second kappa shape index (κ2) is 12.1. The molecule has 2 fully saturated rings. The molecule has 0 saturated carbocycles. The van der Waals surface area contributed by atoms with Crippen LogP contribution < -0.4 is 14.2 Å². The molecule has 2 aromatic rings. The van der Waals surface area contributed by atoms with E-state index < -0.39 is 0 Å². The number of likely N-dealkylation sites (tertiary alicyclic amines) is 1. The third-order valence-corrected chi connectivity index (χ3v) is 7.24. The van der Waals surface area contributed by atoms with Crippen LogP contribution >= 0.6 is 0 Å². The summed E-state index contributed by atoms with van der Waals surface area (Å²) in [5.74, 6) is 2.61. The van der Waals surface area contributed by atoms with Gasteiger partial charge in [-0.05, 0) is 49.1 Å². The number of piperazine rings is 1. The number of hydrogen-bond acceptors (Lipinski definition) is 6. The molecule has 2 aromatic carbocycles. The van der Waals surface area contributed by atoms with Crippen molar-refractivity contribution >= 4 is 11.8 Å². The van der Waals surface area contributed by atoms with Crippen LogP contribution in [-0.2, 0) is 16.0 Å². The molecule has 2 aliphatic heterocycles. The fraction of sp³-hybridized carbons (Fsp3) is 0.500. The number of hydrogen-bond donors (Lipinski definition) is 0. The molecule has 8 heteroatoms. The Kier molecular flexibility index (Phi) is 8.70. The van der Waals surface area contributed by atoms with Crippen LogP contribution in [0.1, 0.15) is 36.4 Å². The van der Waals surface area contributed by atoms with Crippen molar-refractivity contribution in [2.75, 3.05) is 60.6 Å². The first-order valence-electron chi connectivity index (χ1n) is 12.7. The van der Waals surface area contributed by atoms with Gasteiger partial charge in [0.15, 0.2) is 0 Å². The Labute approximate surface area is 213 Å². The summed E-state index contributed by atoms with van der Waals surface area (Å²) in [5.41, 5.74) is 2.15. The Morgan fingerprint density at radius 2 is 1.53 bits per heavy atom. The summed E-state index contributed by atoms with van der Waals surface area (Å²) in [4.78, 5) is 32.1. The highest BCUT2D eigenvalue weighted by molar-refractivity contribution is 5.79. The van der Waals surface area contributed by atoms with Crippen molar-refractivity contribution < 1.29 is 23.8 Å². The lowest BCUT2D eigenvalue weighted by atomic mass is 10.0. The number of rotatable bonds is 9. The van der Waals surface area contributed by atoms with Gasteiger partial charge in [0.25, 0.3) is 0 Å². The average molecular weight is 496 g/mol. The van der Waals surface area contributed by atoms with E-state index in [2.05, 4.69) is 4.90 Å². The minimum atomic E-state index is 0.0131. The second-order valence-corrected chi connectivity index (χ2v) is 9.36. The van der Waals surface area contributed by atoms with Gasteiger partial charge in [-0.3, -0.25) is 14.5 Å². The summed E-state index contributed by atoms with van der Waals surface area (Å²) in [5, 5.41) is 0. The highest BCUT2D eigenvalue weighted by atomic mass is 16.5. The molecule has 36 heavy (non-hydrogen) atoms. The van der Waals surface area contributed by atoms with Crippen LogP contribution in [0.5, 0.6) is 17.2 Å². The molecule has 0 bridgehead atoms. The summed E-state index contributed by atoms with van der Waals surface area (Å²) < 4.78 is 16.1.